The fraction of sp³-hybridized carbons (Fsp3) is 0.500. The Kier molecular flexibility index (Phi) is 5.65. The van der Waals surface area contributed by atoms with E-state index in [1.807, 2.05) is 38.1 Å². The van der Waals surface area contributed by atoms with Gasteiger partial charge in [0.05, 0.1) is 0 Å². The lowest BCUT2D eigenvalue weighted by molar-refractivity contribution is -0.119. The molecule has 0 fully saturated rings. The van der Waals surface area contributed by atoms with Crippen molar-refractivity contribution in [1.82, 2.24) is 0 Å². The third-order valence-corrected chi connectivity index (χ3v) is 2.57. The summed E-state index contributed by atoms with van der Waals surface area (Å²) in [5.41, 5.74) is 6.24. The lowest BCUT2D eigenvalue weighted by Crippen LogP contribution is -2.27. The number of amides is 1. The molecule has 1 amide bonds. The zero-order valence-corrected chi connectivity index (χ0v) is 11.3. The van der Waals surface area contributed by atoms with Gasteiger partial charge < -0.3 is 15.4 Å². The highest BCUT2D eigenvalue weighted by atomic mass is 16.5. The van der Waals surface area contributed by atoms with Gasteiger partial charge in [-0.05, 0) is 30.2 Å². The van der Waals surface area contributed by atoms with Gasteiger partial charge in [0, 0.05) is 25.7 Å². The summed E-state index contributed by atoms with van der Waals surface area (Å²) in [6.45, 7) is 5.07. The average molecular weight is 250 g/mol. The van der Waals surface area contributed by atoms with Crippen LogP contribution in [0, 0.1) is 5.92 Å². The molecule has 0 aromatic heterocycles. The summed E-state index contributed by atoms with van der Waals surface area (Å²) in [7, 11) is 1.79. The van der Waals surface area contributed by atoms with E-state index in [0.29, 0.717) is 25.5 Å². The maximum atomic E-state index is 11.9. The van der Waals surface area contributed by atoms with E-state index >= 15 is 0 Å². The van der Waals surface area contributed by atoms with Crippen molar-refractivity contribution in [1.29, 1.82) is 0 Å². The van der Waals surface area contributed by atoms with Crippen molar-refractivity contribution in [2.75, 3.05) is 25.1 Å². The first kappa shape index (κ1) is 14.5. The van der Waals surface area contributed by atoms with E-state index in [1.165, 1.54) is 0 Å². The molecule has 1 aromatic rings. The highest BCUT2D eigenvalue weighted by molar-refractivity contribution is 5.92. The number of ether oxygens (including phenoxy) is 1. The van der Waals surface area contributed by atoms with Crippen molar-refractivity contribution in [2.24, 2.45) is 11.7 Å². The first-order valence-corrected chi connectivity index (χ1v) is 6.24. The van der Waals surface area contributed by atoms with Crippen LogP contribution in [0.5, 0.6) is 5.75 Å². The lowest BCUT2D eigenvalue weighted by Gasteiger charge is -2.18. The number of hydrogen-bond acceptors (Lipinski definition) is 3. The first-order chi connectivity index (χ1) is 8.54. The van der Waals surface area contributed by atoms with E-state index in [9.17, 15) is 4.79 Å². The molecule has 0 heterocycles. The summed E-state index contributed by atoms with van der Waals surface area (Å²) in [4.78, 5) is 13.6. The molecule has 0 unspecified atom stereocenters. The highest BCUT2D eigenvalue weighted by Crippen LogP contribution is 2.19. The number of benzene rings is 1. The Morgan fingerprint density at radius 3 is 2.44 bits per heavy atom. The molecule has 0 radical (unpaired) electrons. The summed E-state index contributed by atoms with van der Waals surface area (Å²) in [6.07, 6.45) is 0.557. The number of hydrogen-bond donors (Lipinski definition) is 1. The van der Waals surface area contributed by atoms with Gasteiger partial charge in [-0.2, -0.15) is 0 Å². The minimum absolute atomic E-state index is 0.126. The SMILES string of the molecule is CC(C)CC(=O)N(C)c1ccc(OCCN)cc1. The quantitative estimate of drug-likeness (QED) is 0.840. The predicted octanol–water partition coefficient (Wildman–Crippen LogP) is 2.03. The molecule has 0 bridgehead atoms. The molecule has 18 heavy (non-hydrogen) atoms. The number of carbonyl (C=O) groups excluding carboxylic acids is 1. The molecule has 0 saturated carbocycles. The zero-order valence-electron chi connectivity index (χ0n) is 11.3. The van der Waals surface area contributed by atoms with E-state index in [-0.39, 0.29) is 5.91 Å². The van der Waals surface area contributed by atoms with Gasteiger partial charge in [0.2, 0.25) is 5.91 Å². The van der Waals surface area contributed by atoms with Gasteiger partial charge in [-0.1, -0.05) is 13.8 Å². The maximum Gasteiger partial charge on any atom is 0.226 e. The van der Waals surface area contributed by atoms with Crippen LogP contribution in [-0.4, -0.2) is 26.1 Å². The molecule has 0 atom stereocenters. The Labute approximate surface area is 109 Å². The monoisotopic (exact) mass is 250 g/mol. The Balaban J connectivity index is 2.63. The van der Waals surface area contributed by atoms with E-state index in [1.54, 1.807) is 11.9 Å². The second kappa shape index (κ2) is 7.01. The Morgan fingerprint density at radius 2 is 1.94 bits per heavy atom. The van der Waals surface area contributed by atoms with Gasteiger partial charge in [-0.3, -0.25) is 4.79 Å². The van der Waals surface area contributed by atoms with Crippen LogP contribution in [0.3, 0.4) is 0 Å². The van der Waals surface area contributed by atoms with Crippen LogP contribution in [0.1, 0.15) is 20.3 Å². The lowest BCUT2D eigenvalue weighted by atomic mass is 10.1. The fourth-order valence-electron chi connectivity index (χ4n) is 1.57. The third-order valence-electron chi connectivity index (χ3n) is 2.57. The molecule has 0 aliphatic heterocycles. The molecule has 0 aliphatic rings. The standard InChI is InChI=1S/C14H22N2O2/c1-11(2)10-14(17)16(3)12-4-6-13(7-5-12)18-9-8-15/h4-7,11H,8-10,15H2,1-3H3. The van der Waals surface area contributed by atoms with Crippen molar-refractivity contribution in [3.05, 3.63) is 24.3 Å². The predicted molar refractivity (Wildman–Crippen MR) is 73.9 cm³/mol. The summed E-state index contributed by atoms with van der Waals surface area (Å²) in [5.74, 6) is 1.27. The highest BCUT2D eigenvalue weighted by Gasteiger charge is 2.12. The van der Waals surface area contributed by atoms with Crippen molar-refractivity contribution in [3.8, 4) is 5.75 Å². The Morgan fingerprint density at radius 1 is 1.33 bits per heavy atom. The average Bonchev–Trinajstić information content (AvgIpc) is 2.35. The van der Waals surface area contributed by atoms with E-state index < -0.39 is 0 Å². The molecule has 4 heteroatoms. The molecule has 2 N–H and O–H groups in total. The molecule has 4 nitrogen and oxygen atoms in total. The second-order valence-corrected chi connectivity index (χ2v) is 4.68. The van der Waals surface area contributed by atoms with Gasteiger partial charge in [0.15, 0.2) is 0 Å². The van der Waals surface area contributed by atoms with Gasteiger partial charge in [-0.25, -0.2) is 0 Å². The number of carbonyl (C=O) groups is 1. The zero-order chi connectivity index (χ0) is 13.5. The second-order valence-electron chi connectivity index (χ2n) is 4.68. The summed E-state index contributed by atoms with van der Waals surface area (Å²) < 4.78 is 5.39. The molecular weight excluding hydrogens is 228 g/mol. The van der Waals surface area contributed by atoms with E-state index in [0.717, 1.165) is 11.4 Å². The molecular formula is C14H22N2O2. The maximum absolute atomic E-state index is 11.9. The van der Waals surface area contributed by atoms with Crippen LogP contribution in [0.25, 0.3) is 0 Å². The normalized spacial score (nSPS) is 10.5. The minimum Gasteiger partial charge on any atom is -0.492 e. The van der Waals surface area contributed by atoms with Crippen molar-refractivity contribution >= 4 is 11.6 Å². The van der Waals surface area contributed by atoms with Crippen LogP contribution in [-0.2, 0) is 4.79 Å². The van der Waals surface area contributed by atoms with Crippen LogP contribution in [0.4, 0.5) is 5.69 Å². The number of nitrogens with zero attached hydrogens (tertiary/aromatic N) is 1. The van der Waals surface area contributed by atoms with Crippen molar-refractivity contribution in [3.63, 3.8) is 0 Å². The number of anilines is 1. The molecule has 100 valence electrons. The molecule has 0 aliphatic carbocycles. The minimum atomic E-state index is 0.126. The Hall–Kier alpha value is -1.55. The van der Waals surface area contributed by atoms with Crippen LogP contribution >= 0.6 is 0 Å². The summed E-state index contributed by atoms with van der Waals surface area (Å²) in [6, 6.07) is 7.46. The number of nitrogens with two attached hydrogens (primary N) is 1. The van der Waals surface area contributed by atoms with E-state index in [2.05, 4.69) is 0 Å². The van der Waals surface area contributed by atoms with Gasteiger partial charge in [0.25, 0.3) is 0 Å². The molecule has 0 saturated heterocycles. The fourth-order valence-corrected chi connectivity index (χ4v) is 1.57. The number of rotatable bonds is 6. The van der Waals surface area contributed by atoms with Crippen LogP contribution < -0.4 is 15.4 Å². The molecule has 1 rings (SSSR count). The smallest absolute Gasteiger partial charge is 0.226 e. The Bertz CT molecular complexity index is 374. The van der Waals surface area contributed by atoms with Crippen LogP contribution in [0.15, 0.2) is 24.3 Å². The topological polar surface area (TPSA) is 55.6 Å². The van der Waals surface area contributed by atoms with Gasteiger partial charge >= 0.3 is 0 Å². The largest absolute Gasteiger partial charge is 0.492 e. The van der Waals surface area contributed by atoms with Gasteiger partial charge in [-0.15, -0.1) is 0 Å². The summed E-state index contributed by atoms with van der Waals surface area (Å²) >= 11 is 0. The van der Waals surface area contributed by atoms with E-state index in [4.69, 9.17) is 10.5 Å². The van der Waals surface area contributed by atoms with Crippen LogP contribution in [0.2, 0.25) is 0 Å². The molecule has 0 spiro atoms. The summed E-state index contributed by atoms with van der Waals surface area (Å²) in [5, 5.41) is 0. The molecule has 1 aromatic carbocycles. The van der Waals surface area contributed by atoms with Crippen molar-refractivity contribution < 1.29 is 9.53 Å². The van der Waals surface area contributed by atoms with Gasteiger partial charge in [0.1, 0.15) is 12.4 Å². The third kappa shape index (κ3) is 4.37. The van der Waals surface area contributed by atoms with Crippen molar-refractivity contribution in [2.45, 2.75) is 20.3 Å². The first-order valence-electron chi connectivity index (χ1n) is 6.24.